The standard InChI is InChI=1S/C24H31ClN6O2S/c1-4-26-23(32)27-12-5-13-31-20(16-30(2)15-18-6-8-19(25)9-7-18)17-34-24(31)29-22-11-10-21(33-3)14-28-22/h6-11,14,17H,4-5,12-13,15-16H2,1-3H3,(H2,26,27,32)/b29-24-. The fourth-order valence-electron chi connectivity index (χ4n) is 3.37. The minimum atomic E-state index is -0.145. The van der Waals surface area contributed by atoms with E-state index in [9.17, 15) is 4.79 Å². The monoisotopic (exact) mass is 502 g/mol. The third kappa shape index (κ3) is 7.86. The normalized spacial score (nSPS) is 11.6. The van der Waals surface area contributed by atoms with Crippen molar-refractivity contribution in [2.24, 2.45) is 4.99 Å². The van der Waals surface area contributed by atoms with Crippen LogP contribution in [0.4, 0.5) is 10.6 Å². The van der Waals surface area contributed by atoms with Crippen LogP contribution >= 0.6 is 22.9 Å². The van der Waals surface area contributed by atoms with E-state index >= 15 is 0 Å². The Bertz CT molecular complexity index is 1110. The first kappa shape index (κ1) is 25.7. The van der Waals surface area contributed by atoms with Gasteiger partial charge in [0.15, 0.2) is 10.6 Å². The van der Waals surface area contributed by atoms with Crippen molar-refractivity contribution in [1.82, 2.24) is 25.1 Å². The first-order chi connectivity index (χ1) is 16.5. The van der Waals surface area contributed by atoms with Crippen molar-refractivity contribution < 1.29 is 9.53 Å². The number of ether oxygens (including phenoxy) is 1. The molecule has 0 saturated heterocycles. The number of carbonyl (C=O) groups is 1. The second kappa shape index (κ2) is 13.1. The Hall–Kier alpha value is -2.88. The zero-order chi connectivity index (χ0) is 24.3. The molecule has 0 fully saturated rings. The van der Waals surface area contributed by atoms with E-state index in [1.165, 1.54) is 5.56 Å². The largest absolute Gasteiger partial charge is 0.495 e. The van der Waals surface area contributed by atoms with Gasteiger partial charge in [0.1, 0.15) is 5.75 Å². The second-order valence-corrected chi connectivity index (χ2v) is 9.04. The van der Waals surface area contributed by atoms with Crippen molar-refractivity contribution in [3.05, 3.63) is 69.1 Å². The molecule has 2 heterocycles. The topological polar surface area (TPSA) is 83.8 Å². The predicted molar refractivity (Wildman–Crippen MR) is 137 cm³/mol. The van der Waals surface area contributed by atoms with E-state index in [0.29, 0.717) is 24.7 Å². The number of halogens is 1. The van der Waals surface area contributed by atoms with Gasteiger partial charge >= 0.3 is 6.03 Å². The highest BCUT2D eigenvalue weighted by atomic mass is 35.5. The molecular formula is C24H31ClN6O2S. The third-order valence-corrected chi connectivity index (χ3v) is 6.19. The Morgan fingerprint density at radius 3 is 2.68 bits per heavy atom. The predicted octanol–water partition coefficient (Wildman–Crippen LogP) is 4.18. The summed E-state index contributed by atoms with van der Waals surface area (Å²) in [5.41, 5.74) is 2.36. The lowest BCUT2D eigenvalue weighted by atomic mass is 10.2. The molecule has 0 radical (unpaired) electrons. The quantitative estimate of drug-likeness (QED) is 0.385. The van der Waals surface area contributed by atoms with Crippen molar-refractivity contribution in [3.63, 3.8) is 0 Å². The van der Waals surface area contributed by atoms with E-state index in [1.807, 2.05) is 43.3 Å². The molecule has 0 bridgehead atoms. The number of hydrogen-bond donors (Lipinski definition) is 2. The average Bonchev–Trinajstić information content (AvgIpc) is 3.19. The van der Waals surface area contributed by atoms with E-state index in [4.69, 9.17) is 21.3 Å². The van der Waals surface area contributed by atoms with Gasteiger partial charge in [-0.25, -0.2) is 14.8 Å². The van der Waals surface area contributed by atoms with Gasteiger partial charge in [-0.3, -0.25) is 4.90 Å². The molecule has 2 amide bonds. The van der Waals surface area contributed by atoms with Crippen molar-refractivity contribution >= 4 is 34.8 Å². The number of aromatic nitrogens is 2. The molecule has 3 aromatic rings. The fraction of sp³-hybridized carbons (Fsp3) is 0.375. The van der Waals surface area contributed by atoms with Gasteiger partial charge in [0, 0.05) is 48.8 Å². The number of methoxy groups -OCH3 is 1. The Kier molecular flexibility index (Phi) is 9.93. The minimum absolute atomic E-state index is 0.145. The zero-order valence-electron chi connectivity index (χ0n) is 19.8. The molecule has 3 rings (SSSR count). The summed E-state index contributed by atoms with van der Waals surface area (Å²) in [7, 11) is 3.71. The molecule has 0 saturated carbocycles. The fourth-order valence-corrected chi connectivity index (χ4v) is 4.42. The van der Waals surface area contributed by atoms with Crippen LogP contribution in [0, 0.1) is 0 Å². The molecule has 2 aromatic heterocycles. The van der Waals surface area contributed by atoms with E-state index in [1.54, 1.807) is 24.6 Å². The number of benzene rings is 1. The molecule has 0 unspecified atom stereocenters. The van der Waals surface area contributed by atoms with Crippen LogP contribution in [0.15, 0.2) is 53.0 Å². The molecule has 0 aliphatic rings. The van der Waals surface area contributed by atoms with Crippen LogP contribution in [-0.4, -0.2) is 47.7 Å². The van der Waals surface area contributed by atoms with E-state index in [0.717, 1.165) is 41.6 Å². The van der Waals surface area contributed by atoms with Crippen LogP contribution in [-0.2, 0) is 19.6 Å². The number of hydrogen-bond acceptors (Lipinski definition) is 6. The molecule has 0 aliphatic carbocycles. The molecule has 182 valence electrons. The maximum atomic E-state index is 11.7. The van der Waals surface area contributed by atoms with Gasteiger partial charge in [-0.2, -0.15) is 0 Å². The number of pyridine rings is 1. The van der Waals surface area contributed by atoms with Crippen LogP contribution in [0.25, 0.3) is 0 Å². The summed E-state index contributed by atoms with van der Waals surface area (Å²) >= 11 is 7.60. The Morgan fingerprint density at radius 2 is 2.00 bits per heavy atom. The van der Waals surface area contributed by atoms with Gasteiger partial charge in [0.25, 0.3) is 0 Å². The molecular weight excluding hydrogens is 472 g/mol. The lowest BCUT2D eigenvalue weighted by Gasteiger charge is -2.18. The summed E-state index contributed by atoms with van der Waals surface area (Å²) in [6, 6.07) is 11.5. The number of thiazole rings is 1. The molecule has 0 atom stereocenters. The number of nitrogens with one attached hydrogen (secondary N) is 2. The first-order valence-electron chi connectivity index (χ1n) is 11.1. The third-order valence-electron chi connectivity index (χ3n) is 5.02. The second-order valence-electron chi connectivity index (χ2n) is 7.77. The Morgan fingerprint density at radius 1 is 1.21 bits per heavy atom. The molecule has 0 aliphatic heterocycles. The number of carbonyl (C=O) groups excluding carboxylic acids is 1. The maximum absolute atomic E-state index is 11.7. The van der Waals surface area contributed by atoms with Crippen molar-refractivity contribution in [1.29, 1.82) is 0 Å². The van der Waals surface area contributed by atoms with E-state index in [-0.39, 0.29) is 6.03 Å². The summed E-state index contributed by atoms with van der Waals surface area (Å²) in [5.74, 6) is 1.32. The van der Waals surface area contributed by atoms with Crippen molar-refractivity contribution in [3.8, 4) is 5.75 Å². The highest BCUT2D eigenvalue weighted by molar-refractivity contribution is 7.07. The minimum Gasteiger partial charge on any atom is -0.495 e. The summed E-state index contributed by atoms with van der Waals surface area (Å²) in [6.45, 7) is 5.37. The highest BCUT2D eigenvalue weighted by Crippen LogP contribution is 2.16. The number of urea groups is 1. The van der Waals surface area contributed by atoms with Crippen LogP contribution in [0.5, 0.6) is 5.75 Å². The van der Waals surface area contributed by atoms with Crippen LogP contribution in [0.2, 0.25) is 5.02 Å². The summed E-state index contributed by atoms with van der Waals surface area (Å²) in [4.78, 5) is 24.0. The number of amides is 2. The lowest BCUT2D eigenvalue weighted by molar-refractivity contribution is 0.241. The van der Waals surface area contributed by atoms with Gasteiger partial charge in [-0.1, -0.05) is 23.7 Å². The average molecular weight is 503 g/mol. The highest BCUT2D eigenvalue weighted by Gasteiger charge is 2.10. The van der Waals surface area contributed by atoms with E-state index in [2.05, 4.69) is 37.5 Å². The van der Waals surface area contributed by atoms with Gasteiger partial charge in [0.05, 0.1) is 13.3 Å². The Labute approximate surface area is 209 Å². The summed E-state index contributed by atoms with van der Waals surface area (Å²) in [6.07, 6.45) is 2.44. The lowest BCUT2D eigenvalue weighted by Crippen LogP contribution is -2.36. The van der Waals surface area contributed by atoms with Gasteiger partial charge in [-0.05, 0) is 50.2 Å². The van der Waals surface area contributed by atoms with Crippen LogP contribution in [0.3, 0.4) is 0 Å². The molecule has 34 heavy (non-hydrogen) atoms. The summed E-state index contributed by atoms with van der Waals surface area (Å²) < 4.78 is 7.39. The SMILES string of the molecule is CCNC(=O)NCCCn1c(CN(C)Cc2ccc(Cl)cc2)cs/c1=N\c1ccc(OC)cn1. The number of nitrogens with zero attached hydrogens (tertiary/aromatic N) is 4. The smallest absolute Gasteiger partial charge is 0.314 e. The first-order valence-corrected chi connectivity index (χ1v) is 12.4. The van der Waals surface area contributed by atoms with Crippen LogP contribution < -0.4 is 20.2 Å². The molecule has 10 heteroatoms. The zero-order valence-corrected chi connectivity index (χ0v) is 21.3. The van der Waals surface area contributed by atoms with Gasteiger partial charge in [0.2, 0.25) is 0 Å². The molecule has 8 nitrogen and oxygen atoms in total. The van der Waals surface area contributed by atoms with E-state index < -0.39 is 0 Å². The van der Waals surface area contributed by atoms with Crippen molar-refractivity contribution in [2.45, 2.75) is 33.0 Å². The molecule has 2 N–H and O–H groups in total. The van der Waals surface area contributed by atoms with Crippen LogP contribution in [0.1, 0.15) is 24.6 Å². The van der Waals surface area contributed by atoms with Crippen molar-refractivity contribution in [2.75, 3.05) is 27.2 Å². The van der Waals surface area contributed by atoms with Gasteiger partial charge in [-0.15, -0.1) is 11.3 Å². The summed E-state index contributed by atoms with van der Waals surface area (Å²) in [5, 5.41) is 8.51. The van der Waals surface area contributed by atoms with Gasteiger partial charge < -0.3 is 19.9 Å². The maximum Gasteiger partial charge on any atom is 0.314 e. The molecule has 1 aromatic carbocycles. The Balaban J connectivity index is 1.76. The molecule has 0 spiro atoms. The number of rotatable bonds is 11.